The average Bonchev–Trinajstić information content (AvgIpc) is 2.35. The van der Waals surface area contributed by atoms with Gasteiger partial charge in [-0.1, -0.05) is 12.1 Å². The molecule has 1 heterocycles. The lowest BCUT2D eigenvalue weighted by Gasteiger charge is -2.26. The van der Waals surface area contributed by atoms with E-state index in [2.05, 4.69) is 35.2 Å². The summed E-state index contributed by atoms with van der Waals surface area (Å²) in [7, 11) is 1.44. The van der Waals surface area contributed by atoms with Crippen LogP contribution in [0.2, 0.25) is 0 Å². The molecule has 3 heteroatoms. The highest BCUT2D eigenvalue weighted by Gasteiger charge is 2.18. The Labute approximate surface area is 102 Å². The van der Waals surface area contributed by atoms with Gasteiger partial charge in [0.15, 0.2) is 0 Å². The van der Waals surface area contributed by atoms with Gasteiger partial charge in [0.2, 0.25) is 0 Å². The molecule has 1 aromatic rings. The van der Waals surface area contributed by atoms with Crippen LogP contribution in [0.4, 0.5) is 5.69 Å². The molecule has 0 bridgehead atoms. The molecule has 1 aliphatic rings. The maximum atomic E-state index is 11.1. The molecular weight excluding hydrogens is 214 g/mol. The number of carbonyl (C=O) groups is 1. The van der Waals surface area contributed by atoms with Crippen LogP contribution in [-0.4, -0.2) is 19.6 Å². The zero-order chi connectivity index (χ0) is 12.3. The minimum atomic E-state index is -0.111. The molecule has 92 valence electrons. The van der Waals surface area contributed by atoms with Crippen LogP contribution in [-0.2, 0) is 16.0 Å². The third kappa shape index (κ3) is 2.99. The van der Waals surface area contributed by atoms with E-state index in [0.29, 0.717) is 12.3 Å². The van der Waals surface area contributed by atoms with E-state index in [1.54, 1.807) is 0 Å². The standard InChI is InChI=1S/C14H19NO2/c1-10-3-5-12-8-11(4-6-14(16)17-2)9-15-13(12)7-10/h3,5,7,11,15H,4,6,8-9H2,1-2H3/t11-/m1/s1. The van der Waals surface area contributed by atoms with Crippen molar-refractivity contribution in [2.75, 3.05) is 19.0 Å². The molecule has 0 amide bonds. The minimum absolute atomic E-state index is 0.111. The van der Waals surface area contributed by atoms with Crippen molar-refractivity contribution < 1.29 is 9.53 Å². The van der Waals surface area contributed by atoms with Crippen molar-refractivity contribution in [3.63, 3.8) is 0 Å². The first-order valence-corrected chi connectivity index (χ1v) is 6.09. The van der Waals surface area contributed by atoms with E-state index >= 15 is 0 Å². The Balaban J connectivity index is 1.94. The highest BCUT2D eigenvalue weighted by Crippen LogP contribution is 2.27. The monoisotopic (exact) mass is 233 g/mol. The summed E-state index contributed by atoms with van der Waals surface area (Å²) in [5, 5.41) is 3.44. The van der Waals surface area contributed by atoms with Gasteiger partial charge in [-0.05, 0) is 42.9 Å². The Kier molecular flexibility index (Phi) is 3.67. The summed E-state index contributed by atoms with van der Waals surface area (Å²) < 4.78 is 4.67. The van der Waals surface area contributed by atoms with Crippen molar-refractivity contribution in [1.82, 2.24) is 0 Å². The summed E-state index contributed by atoms with van der Waals surface area (Å²) in [6.45, 7) is 3.05. The smallest absolute Gasteiger partial charge is 0.305 e. The second-order valence-electron chi connectivity index (χ2n) is 4.73. The fourth-order valence-electron chi connectivity index (χ4n) is 2.30. The van der Waals surface area contributed by atoms with Gasteiger partial charge >= 0.3 is 5.97 Å². The van der Waals surface area contributed by atoms with Crippen molar-refractivity contribution in [3.05, 3.63) is 29.3 Å². The predicted molar refractivity (Wildman–Crippen MR) is 68.1 cm³/mol. The van der Waals surface area contributed by atoms with Crippen molar-refractivity contribution in [3.8, 4) is 0 Å². The van der Waals surface area contributed by atoms with Gasteiger partial charge in [0, 0.05) is 18.7 Å². The van der Waals surface area contributed by atoms with E-state index < -0.39 is 0 Å². The van der Waals surface area contributed by atoms with Gasteiger partial charge < -0.3 is 10.1 Å². The topological polar surface area (TPSA) is 38.3 Å². The average molecular weight is 233 g/mol. The second kappa shape index (κ2) is 5.21. The van der Waals surface area contributed by atoms with Gasteiger partial charge in [0.05, 0.1) is 7.11 Å². The zero-order valence-electron chi connectivity index (χ0n) is 10.5. The first-order chi connectivity index (χ1) is 8.19. The third-order valence-corrected chi connectivity index (χ3v) is 3.34. The molecule has 0 spiro atoms. The van der Waals surface area contributed by atoms with Gasteiger partial charge in [-0.2, -0.15) is 0 Å². The van der Waals surface area contributed by atoms with Crippen LogP contribution in [0.15, 0.2) is 18.2 Å². The number of hydrogen-bond donors (Lipinski definition) is 1. The molecule has 0 aliphatic carbocycles. The Hall–Kier alpha value is -1.51. The molecule has 1 atom stereocenters. The molecule has 1 aromatic carbocycles. The number of aryl methyl sites for hydroxylation is 1. The summed E-state index contributed by atoms with van der Waals surface area (Å²) >= 11 is 0. The van der Waals surface area contributed by atoms with Crippen LogP contribution in [0.5, 0.6) is 0 Å². The fourth-order valence-corrected chi connectivity index (χ4v) is 2.30. The maximum absolute atomic E-state index is 11.1. The number of fused-ring (bicyclic) bond motifs is 1. The van der Waals surface area contributed by atoms with E-state index in [1.807, 2.05) is 0 Å². The van der Waals surface area contributed by atoms with Crippen LogP contribution in [0.3, 0.4) is 0 Å². The molecule has 0 saturated heterocycles. The molecule has 0 saturated carbocycles. The Morgan fingerprint density at radius 1 is 1.53 bits per heavy atom. The SMILES string of the molecule is COC(=O)CC[C@H]1CNc2cc(C)ccc2C1. The van der Waals surface area contributed by atoms with E-state index in [9.17, 15) is 4.79 Å². The first kappa shape index (κ1) is 12.0. The number of benzene rings is 1. The normalized spacial score (nSPS) is 18.1. The van der Waals surface area contributed by atoms with E-state index in [1.165, 1.54) is 23.9 Å². The quantitative estimate of drug-likeness (QED) is 0.815. The molecule has 2 rings (SSSR count). The number of carbonyl (C=O) groups excluding carboxylic acids is 1. The summed E-state index contributed by atoms with van der Waals surface area (Å²) in [5.74, 6) is 0.420. The van der Waals surface area contributed by atoms with Gasteiger partial charge in [0.1, 0.15) is 0 Å². The van der Waals surface area contributed by atoms with Crippen LogP contribution in [0, 0.1) is 12.8 Å². The predicted octanol–water partition coefficient (Wildman–Crippen LogP) is 2.53. The maximum Gasteiger partial charge on any atom is 0.305 e. The lowest BCUT2D eigenvalue weighted by molar-refractivity contribution is -0.140. The highest BCUT2D eigenvalue weighted by molar-refractivity contribution is 5.69. The minimum Gasteiger partial charge on any atom is -0.469 e. The Bertz CT molecular complexity index is 415. The molecule has 1 N–H and O–H groups in total. The Morgan fingerprint density at radius 3 is 3.12 bits per heavy atom. The first-order valence-electron chi connectivity index (χ1n) is 6.09. The number of anilines is 1. The van der Waals surface area contributed by atoms with Crippen molar-refractivity contribution >= 4 is 11.7 Å². The molecule has 1 aliphatic heterocycles. The van der Waals surface area contributed by atoms with E-state index in [4.69, 9.17) is 0 Å². The van der Waals surface area contributed by atoms with E-state index in [-0.39, 0.29) is 5.97 Å². The molecule has 0 unspecified atom stereocenters. The van der Waals surface area contributed by atoms with Crippen LogP contribution < -0.4 is 5.32 Å². The summed E-state index contributed by atoms with van der Waals surface area (Å²) in [5.41, 5.74) is 3.89. The molecule has 0 aromatic heterocycles. The lowest BCUT2D eigenvalue weighted by atomic mass is 9.90. The fraction of sp³-hybridized carbons (Fsp3) is 0.500. The van der Waals surface area contributed by atoms with Crippen molar-refractivity contribution in [2.24, 2.45) is 5.92 Å². The van der Waals surface area contributed by atoms with E-state index in [0.717, 1.165) is 19.4 Å². The van der Waals surface area contributed by atoms with Crippen LogP contribution >= 0.6 is 0 Å². The van der Waals surface area contributed by atoms with Gasteiger partial charge in [-0.25, -0.2) is 0 Å². The number of esters is 1. The second-order valence-corrected chi connectivity index (χ2v) is 4.73. The molecule has 0 fully saturated rings. The van der Waals surface area contributed by atoms with Gasteiger partial charge in [0.25, 0.3) is 0 Å². The molecule has 3 nitrogen and oxygen atoms in total. The molecule has 17 heavy (non-hydrogen) atoms. The number of rotatable bonds is 3. The highest BCUT2D eigenvalue weighted by atomic mass is 16.5. The molecule has 0 radical (unpaired) electrons. The van der Waals surface area contributed by atoms with Crippen LogP contribution in [0.25, 0.3) is 0 Å². The Morgan fingerprint density at radius 2 is 2.35 bits per heavy atom. The van der Waals surface area contributed by atoms with Crippen molar-refractivity contribution in [2.45, 2.75) is 26.2 Å². The number of nitrogens with one attached hydrogen (secondary N) is 1. The number of ether oxygens (including phenoxy) is 1. The third-order valence-electron chi connectivity index (χ3n) is 3.34. The van der Waals surface area contributed by atoms with Crippen LogP contribution in [0.1, 0.15) is 24.0 Å². The summed E-state index contributed by atoms with van der Waals surface area (Å²) in [6, 6.07) is 6.51. The zero-order valence-corrected chi connectivity index (χ0v) is 10.5. The lowest BCUT2D eigenvalue weighted by Crippen LogP contribution is -2.24. The summed E-state index contributed by atoms with van der Waals surface area (Å²) in [6.07, 6.45) is 2.47. The molecular formula is C14H19NO2. The number of methoxy groups -OCH3 is 1. The summed E-state index contributed by atoms with van der Waals surface area (Å²) in [4.78, 5) is 11.1. The number of hydrogen-bond acceptors (Lipinski definition) is 3. The van der Waals surface area contributed by atoms with Gasteiger partial charge in [-0.15, -0.1) is 0 Å². The largest absolute Gasteiger partial charge is 0.469 e. The van der Waals surface area contributed by atoms with Crippen molar-refractivity contribution in [1.29, 1.82) is 0 Å². The van der Waals surface area contributed by atoms with Gasteiger partial charge in [-0.3, -0.25) is 4.79 Å².